The van der Waals surface area contributed by atoms with Crippen LogP contribution < -0.4 is 10.1 Å². The molecule has 0 radical (unpaired) electrons. The lowest BCUT2D eigenvalue weighted by Gasteiger charge is -2.25. The van der Waals surface area contributed by atoms with Crippen LogP contribution in [-0.2, 0) is 0 Å². The van der Waals surface area contributed by atoms with Gasteiger partial charge < -0.3 is 10.1 Å². The van der Waals surface area contributed by atoms with Crippen LogP contribution in [0.25, 0.3) is 22.0 Å². The predicted molar refractivity (Wildman–Crippen MR) is 168 cm³/mol. The Hall–Kier alpha value is -4.26. The molecular formula is C33H27ClN4OS. The fraction of sp³-hybridized carbons (Fsp3) is 0.121. The number of hydrogen-bond donors (Lipinski definition) is 1. The standard InChI is InChI=1S/C33H27ClN4OS/c1-21-31(32(22-15-17-24(34)18-16-22)27-13-6-7-14-28(27)35-21)29-20-30(23-9-8-12-26(19-23)39-2)38(37-29)33(40)36-25-10-4-3-5-11-25/h3-19,30H,20H2,1-2H3,(H,36,40). The summed E-state index contributed by atoms with van der Waals surface area (Å²) in [5, 5.41) is 12.7. The van der Waals surface area contributed by atoms with Crippen molar-refractivity contribution in [2.45, 2.75) is 19.4 Å². The third-order valence-electron chi connectivity index (χ3n) is 7.12. The average molecular weight is 563 g/mol. The van der Waals surface area contributed by atoms with E-state index in [0.29, 0.717) is 16.6 Å². The van der Waals surface area contributed by atoms with Gasteiger partial charge in [0.1, 0.15) is 5.75 Å². The van der Waals surface area contributed by atoms with Crippen LogP contribution in [0.15, 0.2) is 108 Å². The van der Waals surface area contributed by atoms with Crippen molar-refractivity contribution >= 4 is 51.2 Å². The van der Waals surface area contributed by atoms with Crippen LogP contribution in [0.2, 0.25) is 5.02 Å². The first-order chi connectivity index (χ1) is 19.5. The van der Waals surface area contributed by atoms with E-state index >= 15 is 0 Å². The molecule has 4 aromatic carbocycles. The number of anilines is 1. The molecule has 0 saturated heterocycles. The Morgan fingerprint density at radius 2 is 1.68 bits per heavy atom. The summed E-state index contributed by atoms with van der Waals surface area (Å²) in [4.78, 5) is 4.99. The number of aryl methyl sites for hydroxylation is 1. The van der Waals surface area contributed by atoms with Gasteiger partial charge in [-0.2, -0.15) is 5.10 Å². The SMILES string of the molecule is COc1cccc(C2CC(c3c(C)nc4ccccc4c3-c3ccc(Cl)cc3)=NN2C(=S)Nc2ccccc2)c1. The summed E-state index contributed by atoms with van der Waals surface area (Å²) < 4.78 is 5.55. The first kappa shape index (κ1) is 26.0. The summed E-state index contributed by atoms with van der Waals surface area (Å²) >= 11 is 12.2. The fourth-order valence-corrected chi connectivity index (χ4v) is 5.68. The summed E-state index contributed by atoms with van der Waals surface area (Å²) in [6, 6.07) is 34.1. The van der Waals surface area contributed by atoms with Gasteiger partial charge in [0.2, 0.25) is 0 Å². The molecule has 0 amide bonds. The zero-order valence-corrected chi connectivity index (χ0v) is 23.7. The molecule has 5 nitrogen and oxygen atoms in total. The molecule has 0 fully saturated rings. The molecule has 40 heavy (non-hydrogen) atoms. The van der Waals surface area contributed by atoms with Crippen molar-refractivity contribution in [1.29, 1.82) is 0 Å². The van der Waals surface area contributed by atoms with Gasteiger partial charge in [0.25, 0.3) is 0 Å². The highest BCUT2D eigenvalue weighted by Crippen LogP contribution is 2.40. The highest BCUT2D eigenvalue weighted by Gasteiger charge is 2.34. The zero-order valence-electron chi connectivity index (χ0n) is 22.1. The number of para-hydroxylation sites is 2. The topological polar surface area (TPSA) is 49.8 Å². The minimum absolute atomic E-state index is 0.127. The molecule has 1 aromatic heterocycles. The van der Waals surface area contributed by atoms with Gasteiger partial charge in [-0.05, 0) is 72.7 Å². The normalized spacial score (nSPS) is 14.7. The Kier molecular flexibility index (Phi) is 7.20. The number of aromatic nitrogens is 1. The van der Waals surface area contributed by atoms with E-state index in [0.717, 1.165) is 56.0 Å². The smallest absolute Gasteiger partial charge is 0.194 e. The van der Waals surface area contributed by atoms with E-state index in [9.17, 15) is 0 Å². The monoisotopic (exact) mass is 562 g/mol. The number of rotatable bonds is 5. The molecule has 0 saturated carbocycles. The maximum atomic E-state index is 6.27. The molecule has 1 unspecified atom stereocenters. The highest BCUT2D eigenvalue weighted by atomic mass is 35.5. The van der Waals surface area contributed by atoms with Gasteiger partial charge in [0, 0.05) is 39.3 Å². The van der Waals surface area contributed by atoms with E-state index in [1.165, 1.54) is 0 Å². The summed E-state index contributed by atoms with van der Waals surface area (Å²) in [6.07, 6.45) is 0.644. The Bertz CT molecular complexity index is 1740. The number of benzene rings is 4. The number of fused-ring (bicyclic) bond motifs is 1. The number of nitrogens with one attached hydrogen (secondary N) is 1. The van der Waals surface area contributed by atoms with E-state index in [-0.39, 0.29) is 6.04 Å². The lowest BCUT2D eigenvalue weighted by Crippen LogP contribution is -2.31. The molecule has 0 bridgehead atoms. The van der Waals surface area contributed by atoms with Crippen molar-refractivity contribution in [2.75, 3.05) is 12.4 Å². The number of halogens is 1. The number of hydrazone groups is 1. The molecule has 1 atom stereocenters. The third kappa shape index (κ3) is 5.04. The van der Waals surface area contributed by atoms with Gasteiger partial charge in [-0.3, -0.25) is 4.98 Å². The second-order valence-electron chi connectivity index (χ2n) is 9.66. The van der Waals surface area contributed by atoms with Crippen LogP contribution in [-0.4, -0.2) is 27.9 Å². The van der Waals surface area contributed by atoms with Crippen molar-refractivity contribution in [3.63, 3.8) is 0 Å². The minimum Gasteiger partial charge on any atom is -0.497 e. The van der Waals surface area contributed by atoms with Crippen LogP contribution in [0.3, 0.4) is 0 Å². The largest absolute Gasteiger partial charge is 0.497 e. The van der Waals surface area contributed by atoms with Gasteiger partial charge >= 0.3 is 0 Å². The quantitative estimate of drug-likeness (QED) is 0.218. The zero-order chi connectivity index (χ0) is 27.6. The van der Waals surface area contributed by atoms with Crippen molar-refractivity contribution in [1.82, 2.24) is 9.99 Å². The molecule has 1 N–H and O–H groups in total. The van der Waals surface area contributed by atoms with E-state index in [4.69, 9.17) is 38.6 Å². The Morgan fingerprint density at radius 3 is 2.45 bits per heavy atom. The molecule has 1 aliphatic heterocycles. The van der Waals surface area contributed by atoms with Gasteiger partial charge in [-0.25, -0.2) is 5.01 Å². The third-order valence-corrected chi connectivity index (χ3v) is 7.66. The summed E-state index contributed by atoms with van der Waals surface area (Å²) in [7, 11) is 1.68. The lowest BCUT2D eigenvalue weighted by molar-refractivity contribution is 0.371. The number of nitrogens with zero attached hydrogens (tertiary/aromatic N) is 3. The molecule has 1 aliphatic rings. The molecule has 5 aromatic rings. The van der Waals surface area contributed by atoms with Crippen LogP contribution >= 0.6 is 23.8 Å². The van der Waals surface area contributed by atoms with E-state index in [1.54, 1.807) is 7.11 Å². The first-order valence-electron chi connectivity index (χ1n) is 13.0. The molecule has 0 spiro atoms. The van der Waals surface area contributed by atoms with Crippen LogP contribution in [0.4, 0.5) is 5.69 Å². The lowest BCUT2D eigenvalue weighted by atomic mass is 9.89. The first-order valence-corrected chi connectivity index (χ1v) is 13.8. The van der Waals surface area contributed by atoms with E-state index in [2.05, 4.69) is 29.6 Å². The van der Waals surface area contributed by atoms with Crippen LogP contribution in [0, 0.1) is 6.92 Å². The summed E-state index contributed by atoms with van der Waals surface area (Å²) in [5.41, 5.74) is 7.91. The van der Waals surface area contributed by atoms with Gasteiger partial charge in [-0.15, -0.1) is 0 Å². The number of pyridine rings is 1. The van der Waals surface area contributed by atoms with Gasteiger partial charge in [0.05, 0.1) is 24.4 Å². The maximum absolute atomic E-state index is 6.27. The van der Waals surface area contributed by atoms with Crippen molar-refractivity contribution in [2.24, 2.45) is 5.10 Å². The summed E-state index contributed by atoms with van der Waals surface area (Å²) in [5.74, 6) is 0.790. The average Bonchev–Trinajstić information content (AvgIpc) is 3.43. The molecule has 6 rings (SSSR count). The number of ether oxygens (including phenoxy) is 1. The maximum Gasteiger partial charge on any atom is 0.194 e. The Labute approximate surface area is 244 Å². The second-order valence-corrected chi connectivity index (χ2v) is 10.5. The number of hydrogen-bond acceptors (Lipinski definition) is 4. The fourth-order valence-electron chi connectivity index (χ4n) is 5.26. The van der Waals surface area contributed by atoms with Gasteiger partial charge in [0.15, 0.2) is 5.11 Å². The second kappa shape index (κ2) is 11.1. The molecule has 0 aliphatic carbocycles. The van der Waals surface area contributed by atoms with E-state index in [1.807, 2.05) is 90.8 Å². The predicted octanol–water partition coefficient (Wildman–Crippen LogP) is 8.42. The summed E-state index contributed by atoms with van der Waals surface area (Å²) in [6.45, 7) is 2.05. The Morgan fingerprint density at radius 1 is 0.925 bits per heavy atom. The highest BCUT2D eigenvalue weighted by molar-refractivity contribution is 7.80. The molecule has 7 heteroatoms. The van der Waals surface area contributed by atoms with E-state index < -0.39 is 0 Å². The van der Waals surface area contributed by atoms with Crippen LogP contribution in [0.1, 0.15) is 29.3 Å². The minimum atomic E-state index is -0.127. The molecule has 198 valence electrons. The molecule has 2 heterocycles. The Balaban J connectivity index is 1.51. The van der Waals surface area contributed by atoms with Crippen LogP contribution in [0.5, 0.6) is 5.75 Å². The van der Waals surface area contributed by atoms with Gasteiger partial charge in [-0.1, -0.05) is 72.3 Å². The number of thiocarbonyl (C=S) groups is 1. The molecular weight excluding hydrogens is 536 g/mol. The van der Waals surface area contributed by atoms with Crippen molar-refractivity contribution in [3.8, 4) is 16.9 Å². The number of methoxy groups -OCH3 is 1. The van der Waals surface area contributed by atoms with Crippen molar-refractivity contribution in [3.05, 3.63) is 125 Å². The van der Waals surface area contributed by atoms with Crippen molar-refractivity contribution < 1.29 is 4.74 Å².